The van der Waals surface area contributed by atoms with E-state index < -0.39 is 0 Å². The van der Waals surface area contributed by atoms with Crippen molar-refractivity contribution in [3.8, 4) is 11.8 Å². The van der Waals surface area contributed by atoms with E-state index in [4.69, 9.17) is 14.7 Å². The standard InChI is InChI=1S/C14H18N2O2/c1-17-9-12(10-6-7-10)16-14-11(8-15)4-3-5-13(14)18-2/h3-5,10,12,16H,6-7,9H2,1-2H3. The fourth-order valence-electron chi connectivity index (χ4n) is 2.10. The Morgan fingerprint density at radius 2 is 2.22 bits per heavy atom. The van der Waals surface area contributed by atoms with Gasteiger partial charge in [-0.15, -0.1) is 0 Å². The van der Waals surface area contributed by atoms with Crippen LogP contribution in [-0.4, -0.2) is 26.9 Å². The van der Waals surface area contributed by atoms with Crippen LogP contribution < -0.4 is 10.1 Å². The first kappa shape index (κ1) is 12.7. The van der Waals surface area contributed by atoms with Crippen LogP contribution >= 0.6 is 0 Å². The van der Waals surface area contributed by atoms with Gasteiger partial charge in [-0.05, 0) is 30.9 Å². The van der Waals surface area contributed by atoms with E-state index in [2.05, 4.69) is 11.4 Å². The molecule has 0 amide bonds. The van der Waals surface area contributed by atoms with Gasteiger partial charge in [0.15, 0.2) is 0 Å². The minimum absolute atomic E-state index is 0.249. The molecule has 0 saturated heterocycles. The van der Waals surface area contributed by atoms with Crippen molar-refractivity contribution < 1.29 is 9.47 Å². The monoisotopic (exact) mass is 246 g/mol. The SMILES string of the molecule is COCC(Nc1c(C#N)cccc1OC)C1CC1. The molecule has 1 aromatic carbocycles. The molecule has 4 nitrogen and oxygen atoms in total. The summed E-state index contributed by atoms with van der Waals surface area (Å²) >= 11 is 0. The second-order valence-corrected chi connectivity index (χ2v) is 4.54. The number of benzene rings is 1. The van der Waals surface area contributed by atoms with Crippen molar-refractivity contribution in [1.29, 1.82) is 5.26 Å². The first-order chi connectivity index (χ1) is 8.80. The molecule has 0 aliphatic heterocycles. The van der Waals surface area contributed by atoms with Crippen LogP contribution in [0.1, 0.15) is 18.4 Å². The molecule has 0 aromatic heterocycles. The number of nitrogens with zero attached hydrogens (tertiary/aromatic N) is 1. The molecule has 1 aromatic rings. The summed E-state index contributed by atoms with van der Waals surface area (Å²) in [7, 11) is 3.31. The lowest BCUT2D eigenvalue weighted by molar-refractivity contribution is 0.179. The molecular formula is C14H18N2O2. The maximum atomic E-state index is 9.16. The van der Waals surface area contributed by atoms with E-state index in [-0.39, 0.29) is 6.04 Å². The van der Waals surface area contributed by atoms with Crippen LogP contribution in [0.4, 0.5) is 5.69 Å². The molecule has 0 bridgehead atoms. The topological polar surface area (TPSA) is 54.3 Å². The van der Waals surface area contributed by atoms with Gasteiger partial charge >= 0.3 is 0 Å². The summed E-state index contributed by atoms with van der Waals surface area (Å²) in [4.78, 5) is 0. The number of nitrogens with one attached hydrogen (secondary N) is 1. The summed E-state index contributed by atoms with van der Waals surface area (Å²) in [5.41, 5.74) is 1.38. The van der Waals surface area contributed by atoms with E-state index in [1.807, 2.05) is 12.1 Å². The van der Waals surface area contributed by atoms with E-state index in [0.717, 1.165) is 5.69 Å². The maximum Gasteiger partial charge on any atom is 0.143 e. The zero-order chi connectivity index (χ0) is 13.0. The van der Waals surface area contributed by atoms with Gasteiger partial charge in [0, 0.05) is 7.11 Å². The van der Waals surface area contributed by atoms with Crippen LogP contribution in [-0.2, 0) is 4.74 Å². The Kier molecular flexibility index (Phi) is 4.06. The third kappa shape index (κ3) is 2.74. The van der Waals surface area contributed by atoms with Gasteiger partial charge < -0.3 is 14.8 Å². The highest BCUT2D eigenvalue weighted by Crippen LogP contribution is 2.37. The van der Waals surface area contributed by atoms with Crippen LogP contribution in [0.25, 0.3) is 0 Å². The number of nitriles is 1. The van der Waals surface area contributed by atoms with Crippen LogP contribution in [0, 0.1) is 17.2 Å². The summed E-state index contributed by atoms with van der Waals surface area (Å²) in [6.45, 7) is 0.646. The Hall–Kier alpha value is -1.73. The van der Waals surface area contributed by atoms with Crippen molar-refractivity contribution in [1.82, 2.24) is 0 Å². The summed E-state index contributed by atoms with van der Waals surface area (Å²) in [5, 5.41) is 12.6. The second-order valence-electron chi connectivity index (χ2n) is 4.54. The third-order valence-electron chi connectivity index (χ3n) is 3.23. The van der Waals surface area contributed by atoms with E-state index in [1.54, 1.807) is 20.3 Å². The Morgan fingerprint density at radius 1 is 1.44 bits per heavy atom. The molecule has 1 unspecified atom stereocenters. The lowest BCUT2D eigenvalue weighted by Gasteiger charge is -2.21. The molecule has 0 radical (unpaired) electrons. The van der Waals surface area contributed by atoms with Crippen LogP contribution in [0.15, 0.2) is 18.2 Å². The molecule has 1 fully saturated rings. The summed E-state index contributed by atoms with van der Waals surface area (Å²) < 4.78 is 10.6. The number of hydrogen-bond acceptors (Lipinski definition) is 4. The van der Waals surface area contributed by atoms with Gasteiger partial charge in [0.2, 0.25) is 0 Å². The molecule has 1 aliphatic rings. The molecule has 1 atom stereocenters. The minimum atomic E-state index is 0.249. The lowest BCUT2D eigenvalue weighted by Crippen LogP contribution is -2.27. The molecule has 2 rings (SSSR count). The van der Waals surface area contributed by atoms with E-state index in [9.17, 15) is 0 Å². The van der Waals surface area contributed by atoms with Crippen LogP contribution in [0.3, 0.4) is 0 Å². The Balaban J connectivity index is 2.23. The van der Waals surface area contributed by atoms with Crippen molar-refractivity contribution in [2.75, 3.05) is 26.1 Å². The van der Waals surface area contributed by atoms with Gasteiger partial charge in [0.05, 0.1) is 31.0 Å². The highest BCUT2D eigenvalue weighted by atomic mass is 16.5. The number of rotatable bonds is 6. The first-order valence-corrected chi connectivity index (χ1v) is 6.12. The third-order valence-corrected chi connectivity index (χ3v) is 3.23. The van der Waals surface area contributed by atoms with E-state index in [1.165, 1.54) is 12.8 Å². The number of methoxy groups -OCH3 is 2. The molecule has 1 N–H and O–H groups in total. The highest BCUT2D eigenvalue weighted by molar-refractivity contribution is 5.66. The first-order valence-electron chi connectivity index (χ1n) is 6.12. The minimum Gasteiger partial charge on any atom is -0.495 e. The number of hydrogen-bond donors (Lipinski definition) is 1. The molecule has 1 aliphatic carbocycles. The molecule has 0 heterocycles. The molecular weight excluding hydrogens is 228 g/mol. The summed E-state index contributed by atoms with van der Waals surface area (Å²) in [6.07, 6.45) is 2.44. The van der Waals surface area contributed by atoms with E-state index in [0.29, 0.717) is 23.8 Å². The van der Waals surface area contributed by atoms with Gasteiger partial charge in [-0.25, -0.2) is 0 Å². The normalized spacial score (nSPS) is 15.8. The quantitative estimate of drug-likeness (QED) is 0.837. The molecule has 1 saturated carbocycles. The van der Waals surface area contributed by atoms with Gasteiger partial charge in [0.25, 0.3) is 0 Å². The van der Waals surface area contributed by atoms with Crippen molar-refractivity contribution in [2.45, 2.75) is 18.9 Å². The highest BCUT2D eigenvalue weighted by Gasteiger charge is 2.32. The van der Waals surface area contributed by atoms with Crippen molar-refractivity contribution in [2.24, 2.45) is 5.92 Å². The van der Waals surface area contributed by atoms with Gasteiger partial charge in [-0.1, -0.05) is 6.07 Å². The average molecular weight is 246 g/mol. The van der Waals surface area contributed by atoms with Crippen LogP contribution in [0.5, 0.6) is 5.75 Å². The van der Waals surface area contributed by atoms with E-state index >= 15 is 0 Å². The lowest BCUT2D eigenvalue weighted by atomic mass is 10.1. The van der Waals surface area contributed by atoms with Crippen LogP contribution in [0.2, 0.25) is 0 Å². The van der Waals surface area contributed by atoms with Gasteiger partial charge in [-0.2, -0.15) is 5.26 Å². The number of anilines is 1. The van der Waals surface area contributed by atoms with Gasteiger partial charge in [-0.3, -0.25) is 0 Å². The molecule has 96 valence electrons. The van der Waals surface area contributed by atoms with Crippen molar-refractivity contribution in [3.63, 3.8) is 0 Å². The number of para-hydroxylation sites is 1. The zero-order valence-corrected chi connectivity index (χ0v) is 10.8. The van der Waals surface area contributed by atoms with Crippen molar-refractivity contribution >= 4 is 5.69 Å². The smallest absolute Gasteiger partial charge is 0.143 e. The Morgan fingerprint density at radius 3 is 2.78 bits per heavy atom. The predicted octanol–water partition coefficient (Wildman–Crippen LogP) is 2.40. The Bertz CT molecular complexity index is 450. The predicted molar refractivity (Wildman–Crippen MR) is 69.7 cm³/mol. The molecule has 0 spiro atoms. The average Bonchev–Trinajstić information content (AvgIpc) is 3.22. The maximum absolute atomic E-state index is 9.16. The zero-order valence-electron chi connectivity index (χ0n) is 10.8. The Labute approximate surface area is 108 Å². The van der Waals surface area contributed by atoms with Gasteiger partial charge in [0.1, 0.15) is 11.8 Å². The summed E-state index contributed by atoms with van der Waals surface area (Å²) in [5.74, 6) is 1.34. The fraction of sp³-hybridized carbons (Fsp3) is 0.500. The summed E-state index contributed by atoms with van der Waals surface area (Å²) in [6, 6.07) is 7.92. The number of ether oxygens (including phenoxy) is 2. The fourth-order valence-corrected chi connectivity index (χ4v) is 2.10. The molecule has 4 heteroatoms. The largest absolute Gasteiger partial charge is 0.495 e. The molecule has 18 heavy (non-hydrogen) atoms. The van der Waals surface area contributed by atoms with Crippen molar-refractivity contribution in [3.05, 3.63) is 23.8 Å². The second kappa shape index (κ2) is 5.74.